The van der Waals surface area contributed by atoms with E-state index in [0.29, 0.717) is 11.4 Å². The number of ketones is 1. The summed E-state index contributed by atoms with van der Waals surface area (Å²) in [5.41, 5.74) is 3.97. The minimum absolute atomic E-state index is 0.180. The first-order valence-electron chi connectivity index (χ1n) is 11.5. The molecule has 1 spiro atoms. The first kappa shape index (κ1) is 21.1. The molecule has 6 rings (SSSR count). The number of hydrogen-bond acceptors (Lipinski definition) is 6. The monoisotopic (exact) mass is 473 g/mol. The number of piperidine rings is 1. The topological polar surface area (TPSA) is 73.1 Å². The standard InChI is InChI=1S/C26H24ClN5O2/c1-16-10-17(2)23-21(33)13-26(34-22(23)11-16)6-8-31(9-7-26)24-20-14-30-32(25(20)29-15-28-24)19-5-3-4-18(27)12-19/h3-5,10-12,14-15H,6-9,13H2,1-2H3. The van der Waals surface area contributed by atoms with Gasteiger partial charge >= 0.3 is 0 Å². The summed E-state index contributed by atoms with van der Waals surface area (Å²) in [7, 11) is 0. The van der Waals surface area contributed by atoms with Gasteiger partial charge in [0.1, 0.15) is 23.5 Å². The zero-order chi connectivity index (χ0) is 23.4. The summed E-state index contributed by atoms with van der Waals surface area (Å²) in [6, 6.07) is 11.6. The van der Waals surface area contributed by atoms with Gasteiger partial charge in [-0.25, -0.2) is 14.6 Å². The van der Waals surface area contributed by atoms with E-state index < -0.39 is 5.60 Å². The van der Waals surface area contributed by atoms with Gasteiger partial charge in [-0.3, -0.25) is 4.79 Å². The first-order valence-corrected chi connectivity index (χ1v) is 11.8. The van der Waals surface area contributed by atoms with Crippen LogP contribution in [-0.4, -0.2) is 44.2 Å². The summed E-state index contributed by atoms with van der Waals surface area (Å²) in [5.74, 6) is 1.76. The Morgan fingerprint density at radius 2 is 1.91 bits per heavy atom. The predicted octanol–water partition coefficient (Wildman–Crippen LogP) is 5.09. The molecule has 0 amide bonds. The molecule has 0 bridgehead atoms. The van der Waals surface area contributed by atoms with E-state index in [9.17, 15) is 4.79 Å². The molecule has 1 saturated heterocycles. The number of Topliss-reactive ketones (excluding diaryl/α,β-unsaturated/α-hetero) is 1. The van der Waals surface area contributed by atoms with E-state index in [4.69, 9.17) is 16.3 Å². The van der Waals surface area contributed by atoms with Crippen LogP contribution in [0.3, 0.4) is 0 Å². The van der Waals surface area contributed by atoms with Gasteiger partial charge in [-0.1, -0.05) is 23.7 Å². The lowest BCUT2D eigenvalue weighted by Crippen LogP contribution is -2.51. The maximum Gasteiger partial charge on any atom is 0.170 e. The Balaban J connectivity index is 1.28. The van der Waals surface area contributed by atoms with Crippen molar-refractivity contribution in [1.29, 1.82) is 0 Å². The Labute approximate surface area is 202 Å². The second-order valence-electron chi connectivity index (χ2n) is 9.30. The number of hydrogen-bond donors (Lipinski definition) is 0. The lowest BCUT2D eigenvalue weighted by atomic mass is 9.81. The number of carbonyl (C=O) groups is 1. The largest absolute Gasteiger partial charge is 0.486 e. The smallest absolute Gasteiger partial charge is 0.170 e. The Hall–Kier alpha value is -3.45. The van der Waals surface area contributed by atoms with Crippen LogP contribution in [0, 0.1) is 13.8 Å². The fraction of sp³-hybridized carbons (Fsp3) is 0.308. The molecule has 0 radical (unpaired) electrons. The summed E-state index contributed by atoms with van der Waals surface area (Å²) in [6.07, 6.45) is 5.30. The number of aryl methyl sites for hydroxylation is 2. The van der Waals surface area contributed by atoms with Crippen molar-refractivity contribution in [3.8, 4) is 11.4 Å². The lowest BCUT2D eigenvalue weighted by molar-refractivity contribution is 0.0230. The summed E-state index contributed by atoms with van der Waals surface area (Å²) in [4.78, 5) is 24.4. The van der Waals surface area contributed by atoms with Gasteiger partial charge in [-0.15, -0.1) is 0 Å². The third kappa shape index (κ3) is 3.42. The highest BCUT2D eigenvalue weighted by molar-refractivity contribution is 6.30. The molecule has 2 aromatic carbocycles. The molecule has 2 aromatic heterocycles. The summed E-state index contributed by atoms with van der Waals surface area (Å²) < 4.78 is 8.31. The Morgan fingerprint density at radius 1 is 1.09 bits per heavy atom. The second kappa shape index (κ2) is 7.81. The number of anilines is 1. The molecule has 2 aliphatic rings. The average molecular weight is 474 g/mol. The number of aromatic nitrogens is 4. The number of ether oxygens (including phenoxy) is 1. The molecule has 7 nitrogen and oxygen atoms in total. The van der Waals surface area contributed by atoms with Crippen molar-refractivity contribution in [3.05, 3.63) is 70.6 Å². The van der Waals surface area contributed by atoms with Crippen LogP contribution in [0.25, 0.3) is 16.7 Å². The molecule has 0 aliphatic carbocycles. The molecule has 0 N–H and O–H groups in total. The number of benzene rings is 2. The normalized spacial score (nSPS) is 17.1. The van der Waals surface area contributed by atoms with Crippen LogP contribution < -0.4 is 9.64 Å². The Kier molecular flexibility index (Phi) is 4.85. The first-order chi connectivity index (χ1) is 16.4. The van der Waals surface area contributed by atoms with E-state index in [1.807, 2.05) is 50.2 Å². The van der Waals surface area contributed by atoms with Crippen LogP contribution in [0.2, 0.25) is 5.02 Å². The highest BCUT2D eigenvalue weighted by Gasteiger charge is 2.44. The minimum atomic E-state index is -0.460. The third-order valence-corrected chi connectivity index (χ3v) is 7.14. The van der Waals surface area contributed by atoms with Gasteiger partial charge in [0.2, 0.25) is 0 Å². The second-order valence-corrected chi connectivity index (χ2v) is 9.73. The molecular weight excluding hydrogens is 450 g/mol. The van der Waals surface area contributed by atoms with Gasteiger partial charge in [-0.2, -0.15) is 5.10 Å². The average Bonchev–Trinajstić information content (AvgIpc) is 3.23. The van der Waals surface area contributed by atoms with E-state index in [1.165, 1.54) is 0 Å². The maximum absolute atomic E-state index is 13.0. The van der Waals surface area contributed by atoms with Gasteiger partial charge in [0, 0.05) is 31.0 Å². The Bertz CT molecular complexity index is 1440. The highest BCUT2D eigenvalue weighted by Crippen LogP contribution is 2.42. The van der Waals surface area contributed by atoms with Gasteiger partial charge in [0.05, 0.1) is 29.3 Å². The summed E-state index contributed by atoms with van der Waals surface area (Å²) in [6.45, 7) is 5.50. The molecule has 4 heterocycles. The van der Waals surface area contributed by atoms with Crippen molar-refractivity contribution in [3.63, 3.8) is 0 Å². The quantitative estimate of drug-likeness (QED) is 0.403. The number of fused-ring (bicyclic) bond motifs is 2. The van der Waals surface area contributed by atoms with E-state index in [0.717, 1.165) is 70.9 Å². The number of carbonyl (C=O) groups excluding carboxylic acids is 1. The molecule has 172 valence electrons. The maximum atomic E-state index is 13.0. The van der Waals surface area contributed by atoms with Crippen molar-refractivity contribution in [2.45, 2.75) is 38.7 Å². The highest BCUT2D eigenvalue weighted by atomic mass is 35.5. The van der Waals surface area contributed by atoms with E-state index in [2.05, 4.69) is 20.0 Å². The van der Waals surface area contributed by atoms with Crippen LogP contribution in [0.4, 0.5) is 5.82 Å². The molecular formula is C26H24ClN5O2. The van der Waals surface area contributed by atoms with Crippen LogP contribution in [0.5, 0.6) is 5.75 Å². The lowest BCUT2D eigenvalue weighted by Gasteiger charge is -2.44. The molecule has 34 heavy (non-hydrogen) atoms. The van der Waals surface area contributed by atoms with Crippen molar-refractivity contribution in [2.75, 3.05) is 18.0 Å². The number of nitrogens with zero attached hydrogens (tertiary/aromatic N) is 5. The molecule has 0 unspecified atom stereocenters. The molecule has 1 fully saturated rings. The zero-order valence-corrected chi connectivity index (χ0v) is 19.8. The number of halogens is 1. The van der Waals surface area contributed by atoms with Crippen LogP contribution in [-0.2, 0) is 0 Å². The van der Waals surface area contributed by atoms with Gasteiger partial charge in [-0.05, 0) is 49.2 Å². The van der Waals surface area contributed by atoms with E-state index in [-0.39, 0.29) is 5.78 Å². The van der Waals surface area contributed by atoms with Crippen molar-refractivity contribution in [1.82, 2.24) is 19.7 Å². The zero-order valence-electron chi connectivity index (χ0n) is 19.1. The van der Waals surface area contributed by atoms with Crippen molar-refractivity contribution >= 4 is 34.2 Å². The van der Waals surface area contributed by atoms with Crippen LogP contribution >= 0.6 is 11.6 Å². The molecule has 0 atom stereocenters. The van der Waals surface area contributed by atoms with Crippen molar-refractivity contribution < 1.29 is 9.53 Å². The minimum Gasteiger partial charge on any atom is -0.486 e. The SMILES string of the molecule is Cc1cc(C)c2c(c1)OC1(CCN(c3ncnc4c3cnn4-c3cccc(Cl)c3)CC1)CC2=O. The van der Waals surface area contributed by atoms with Gasteiger partial charge in [0.25, 0.3) is 0 Å². The van der Waals surface area contributed by atoms with E-state index in [1.54, 1.807) is 17.2 Å². The van der Waals surface area contributed by atoms with E-state index >= 15 is 0 Å². The fourth-order valence-electron chi connectivity index (χ4n) is 5.30. The number of rotatable bonds is 2. The van der Waals surface area contributed by atoms with Gasteiger partial charge < -0.3 is 9.64 Å². The fourth-order valence-corrected chi connectivity index (χ4v) is 5.49. The third-order valence-electron chi connectivity index (χ3n) is 6.90. The molecule has 8 heteroatoms. The summed E-state index contributed by atoms with van der Waals surface area (Å²) in [5, 5.41) is 6.09. The predicted molar refractivity (Wildman–Crippen MR) is 131 cm³/mol. The van der Waals surface area contributed by atoms with Crippen molar-refractivity contribution in [2.24, 2.45) is 0 Å². The Morgan fingerprint density at radius 3 is 2.71 bits per heavy atom. The molecule has 4 aromatic rings. The molecule has 0 saturated carbocycles. The van der Waals surface area contributed by atoms with Gasteiger partial charge in [0.15, 0.2) is 11.4 Å². The summed E-state index contributed by atoms with van der Waals surface area (Å²) >= 11 is 6.18. The van der Waals surface area contributed by atoms with Crippen LogP contribution in [0.15, 0.2) is 48.9 Å². The van der Waals surface area contributed by atoms with Crippen LogP contribution in [0.1, 0.15) is 40.7 Å². The molecule has 2 aliphatic heterocycles.